The van der Waals surface area contributed by atoms with Gasteiger partial charge in [0.15, 0.2) is 0 Å². The van der Waals surface area contributed by atoms with Crippen LogP contribution in [0.4, 0.5) is 10.1 Å². The highest BCUT2D eigenvalue weighted by Crippen LogP contribution is 2.27. The third-order valence-electron chi connectivity index (χ3n) is 4.73. The predicted molar refractivity (Wildman–Crippen MR) is 108 cm³/mol. The van der Waals surface area contributed by atoms with Gasteiger partial charge in [-0.2, -0.15) is 0 Å². The van der Waals surface area contributed by atoms with Crippen LogP contribution < -0.4 is 19.7 Å². The van der Waals surface area contributed by atoms with Gasteiger partial charge in [-0.3, -0.25) is 9.59 Å². The molecule has 8 nitrogen and oxygen atoms in total. The van der Waals surface area contributed by atoms with Crippen LogP contribution in [0.5, 0.6) is 5.75 Å². The first-order valence-electron chi connectivity index (χ1n) is 9.28. The molecule has 30 heavy (non-hydrogen) atoms. The monoisotopic (exact) mass is 435 g/mol. The van der Waals surface area contributed by atoms with Crippen molar-refractivity contribution in [3.05, 3.63) is 54.3 Å². The van der Waals surface area contributed by atoms with Crippen molar-refractivity contribution in [3.8, 4) is 5.75 Å². The SMILES string of the molecule is COc1ccc(S(=O)(=O)NCCNC(=O)C2CC(=O)N(c3ccccc3F)C2)cc1. The molecule has 160 valence electrons. The van der Waals surface area contributed by atoms with Crippen LogP contribution in [0.15, 0.2) is 53.4 Å². The number of methoxy groups -OCH3 is 1. The molecule has 0 spiro atoms. The Morgan fingerprint density at radius 1 is 1.17 bits per heavy atom. The molecular weight excluding hydrogens is 413 g/mol. The van der Waals surface area contributed by atoms with Crippen molar-refractivity contribution in [2.75, 3.05) is 31.6 Å². The van der Waals surface area contributed by atoms with Gasteiger partial charge in [-0.05, 0) is 36.4 Å². The summed E-state index contributed by atoms with van der Waals surface area (Å²) in [6.45, 7) is 0.111. The molecule has 2 aromatic carbocycles. The van der Waals surface area contributed by atoms with E-state index in [9.17, 15) is 22.4 Å². The zero-order valence-corrected chi connectivity index (χ0v) is 17.1. The van der Waals surface area contributed by atoms with E-state index in [4.69, 9.17) is 4.74 Å². The Morgan fingerprint density at radius 3 is 2.53 bits per heavy atom. The number of ether oxygens (including phenoxy) is 1. The molecule has 0 saturated carbocycles. The highest BCUT2D eigenvalue weighted by Gasteiger charge is 2.35. The molecule has 0 aliphatic carbocycles. The van der Waals surface area contributed by atoms with Crippen molar-refractivity contribution >= 4 is 27.5 Å². The number of amides is 2. The van der Waals surface area contributed by atoms with E-state index in [0.29, 0.717) is 5.75 Å². The zero-order chi connectivity index (χ0) is 21.7. The second-order valence-corrected chi connectivity index (χ2v) is 8.49. The maximum absolute atomic E-state index is 13.9. The number of carbonyl (C=O) groups is 2. The summed E-state index contributed by atoms with van der Waals surface area (Å²) >= 11 is 0. The first-order chi connectivity index (χ1) is 14.3. The highest BCUT2D eigenvalue weighted by atomic mass is 32.2. The topological polar surface area (TPSA) is 105 Å². The minimum atomic E-state index is -3.72. The van der Waals surface area contributed by atoms with E-state index in [1.54, 1.807) is 6.07 Å². The van der Waals surface area contributed by atoms with E-state index in [2.05, 4.69) is 10.0 Å². The number of anilines is 1. The Labute approximate surface area is 174 Å². The molecule has 10 heteroatoms. The van der Waals surface area contributed by atoms with Gasteiger partial charge in [-0.15, -0.1) is 0 Å². The molecule has 2 amide bonds. The van der Waals surface area contributed by atoms with Crippen molar-refractivity contribution in [1.82, 2.24) is 10.0 Å². The van der Waals surface area contributed by atoms with Crippen molar-refractivity contribution in [2.24, 2.45) is 5.92 Å². The minimum absolute atomic E-state index is 0.0161. The van der Waals surface area contributed by atoms with Gasteiger partial charge in [-0.1, -0.05) is 12.1 Å². The van der Waals surface area contributed by atoms with Gasteiger partial charge < -0.3 is 15.0 Å². The van der Waals surface area contributed by atoms with Crippen LogP contribution in [0.3, 0.4) is 0 Å². The van der Waals surface area contributed by atoms with Crippen LogP contribution in [0, 0.1) is 11.7 Å². The summed E-state index contributed by atoms with van der Waals surface area (Å²) in [5.74, 6) is -1.34. The van der Waals surface area contributed by atoms with E-state index < -0.39 is 21.8 Å². The standard InChI is InChI=1S/C20H22FN3O5S/c1-29-15-6-8-16(9-7-15)30(27,28)23-11-10-22-20(26)14-12-19(25)24(13-14)18-5-3-2-4-17(18)21/h2-9,14,23H,10-13H2,1H3,(H,22,26). The summed E-state index contributed by atoms with van der Waals surface area (Å²) in [4.78, 5) is 25.9. The van der Waals surface area contributed by atoms with Crippen molar-refractivity contribution < 1.29 is 27.1 Å². The molecule has 0 bridgehead atoms. The molecule has 1 saturated heterocycles. The molecule has 1 fully saturated rings. The van der Waals surface area contributed by atoms with Crippen LogP contribution in [-0.4, -0.2) is 47.0 Å². The van der Waals surface area contributed by atoms with Crippen molar-refractivity contribution in [2.45, 2.75) is 11.3 Å². The molecule has 2 aromatic rings. The quantitative estimate of drug-likeness (QED) is 0.608. The van der Waals surface area contributed by atoms with Crippen LogP contribution in [0.2, 0.25) is 0 Å². The van der Waals surface area contributed by atoms with Crippen molar-refractivity contribution in [1.29, 1.82) is 0 Å². The lowest BCUT2D eigenvalue weighted by molar-refractivity contribution is -0.126. The summed E-state index contributed by atoms with van der Waals surface area (Å²) in [6.07, 6.45) is -0.0300. The Kier molecular flexibility index (Phi) is 6.68. The largest absolute Gasteiger partial charge is 0.497 e. The molecule has 2 N–H and O–H groups in total. The van der Waals surface area contributed by atoms with E-state index in [-0.39, 0.29) is 48.5 Å². The average Bonchev–Trinajstić information content (AvgIpc) is 3.13. The lowest BCUT2D eigenvalue weighted by atomic mass is 10.1. The van der Waals surface area contributed by atoms with Gasteiger partial charge in [0.25, 0.3) is 0 Å². The molecule has 0 radical (unpaired) electrons. The van der Waals surface area contributed by atoms with Crippen LogP contribution in [0.1, 0.15) is 6.42 Å². The summed E-state index contributed by atoms with van der Waals surface area (Å²) in [5, 5.41) is 2.62. The number of hydrogen-bond acceptors (Lipinski definition) is 5. The fraction of sp³-hybridized carbons (Fsp3) is 0.300. The van der Waals surface area contributed by atoms with E-state index in [0.717, 1.165) is 0 Å². The molecule has 1 aliphatic heterocycles. The molecule has 0 aromatic heterocycles. The second-order valence-electron chi connectivity index (χ2n) is 6.72. The Balaban J connectivity index is 1.49. The Hall–Kier alpha value is -2.98. The molecule has 3 rings (SSSR count). The molecule has 1 atom stereocenters. The normalized spacial score (nSPS) is 16.5. The number of carbonyl (C=O) groups excluding carboxylic acids is 2. The number of hydrogen-bond donors (Lipinski definition) is 2. The van der Waals surface area contributed by atoms with Gasteiger partial charge in [0.1, 0.15) is 11.6 Å². The van der Waals surface area contributed by atoms with Crippen LogP contribution >= 0.6 is 0 Å². The third kappa shape index (κ3) is 4.95. The molecule has 1 aliphatic rings. The van der Waals surface area contributed by atoms with Gasteiger partial charge in [0.05, 0.1) is 23.6 Å². The predicted octanol–water partition coefficient (Wildman–Crippen LogP) is 1.28. The molecule has 1 heterocycles. The average molecular weight is 435 g/mol. The lowest BCUT2D eigenvalue weighted by Gasteiger charge is -2.17. The maximum atomic E-state index is 13.9. The first kappa shape index (κ1) is 21.7. The van der Waals surface area contributed by atoms with E-state index >= 15 is 0 Å². The molecular formula is C20H22FN3O5S. The maximum Gasteiger partial charge on any atom is 0.240 e. The third-order valence-corrected chi connectivity index (χ3v) is 6.20. The van der Waals surface area contributed by atoms with Crippen molar-refractivity contribution in [3.63, 3.8) is 0 Å². The smallest absolute Gasteiger partial charge is 0.240 e. The Morgan fingerprint density at radius 2 is 1.87 bits per heavy atom. The Bertz CT molecular complexity index is 1030. The number of nitrogens with one attached hydrogen (secondary N) is 2. The zero-order valence-electron chi connectivity index (χ0n) is 16.3. The fourth-order valence-electron chi connectivity index (χ4n) is 3.14. The summed E-state index contributed by atoms with van der Waals surface area (Å²) in [6, 6.07) is 11.8. The number of para-hydroxylation sites is 1. The van der Waals surface area contributed by atoms with Crippen LogP contribution in [0.25, 0.3) is 0 Å². The number of benzene rings is 2. The minimum Gasteiger partial charge on any atom is -0.497 e. The summed E-state index contributed by atoms with van der Waals surface area (Å²) < 4.78 is 45.8. The van der Waals surface area contributed by atoms with Gasteiger partial charge in [-0.25, -0.2) is 17.5 Å². The number of rotatable bonds is 8. The number of nitrogens with zero attached hydrogens (tertiary/aromatic N) is 1. The summed E-state index contributed by atoms with van der Waals surface area (Å²) in [7, 11) is -2.24. The van der Waals surface area contributed by atoms with E-state index in [1.165, 1.54) is 54.5 Å². The van der Waals surface area contributed by atoms with Gasteiger partial charge in [0.2, 0.25) is 21.8 Å². The number of halogens is 1. The van der Waals surface area contributed by atoms with Gasteiger partial charge >= 0.3 is 0 Å². The second kappa shape index (κ2) is 9.23. The highest BCUT2D eigenvalue weighted by molar-refractivity contribution is 7.89. The molecule has 1 unspecified atom stereocenters. The number of sulfonamides is 1. The fourth-order valence-corrected chi connectivity index (χ4v) is 4.17. The van der Waals surface area contributed by atoms with Crippen LogP contribution in [-0.2, 0) is 19.6 Å². The summed E-state index contributed by atoms with van der Waals surface area (Å²) in [5.41, 5.74) is 0.144. The van der Waals surface area contributed by atoms with Gasteiger partial charge in [0, 0.05) is 26.1 Å². The lowest BCUT2D eigenvalue weighted by Crippen LogP contribution is -2.38. The van der Waals surface area contributed by atoms with E-state index in [1.807, 2.05) is 0 Å². The first-order valence-corrected chi connectivity index (χ1v) is 10.8.